The Bertz CT molecular complexity index is 574. The predicted octanol–water partition coefficient (Wildman–Crippen LogP) is 2.35. The lowest BCUT2D eigenvalue weighted by atomic mass is 10.2. The van der Waals surface area contributed by atoms with Crippen molar-refractivity contribution in [2.75, 3.05) is 20.3 Å². The minimum absolute atomic E-state index is 0.190. The van der Waals surface area contributed by atoms with Gasteiger partial charge in [0, 0.05) is 32.7 Å². The van der Waals surface area contributed by atoms with Crippen LogP contribution in [0.4, 0.5) is 0 Å². The molecule has 0 aliphatic rings. The lowest BCUT2D eigenvalue weighted by Gasteiger charge is -2.12. The van der Waals surface area contributed by atoms with Gasteiger partial charge in [-0.25, -0.2) is 0 Å². The molecular weight excluding hydrogens is 294 g/mol. The Hall–Kier alpha value is -1.63. The number of ether oxygens (including phenoxy) is 2. The fourth-order valence-electron chi connectivity index (χ4n) is 1.78. The summed E-state index contributed by atoms with van der Waals surface area (Å²) in [5.74, 6) is 1.56. The highest BCUT2D eigenvalue weighted by Crippen LogP contribution is 2.29. The summed E-state index contributed by atoms with van der Waals surface area (Å²) < 4.78 is 16.0. The summed E-state index contributed by atoms with van der Waals surface area (Å²) >= 11 is 6.20. The molecule has 0 bridgehead atoms. The molecule has 0 amide bonds. The minimum Gasteiger partial charge on any atom is -0.482 e. The van der Waals surface area contributed by atoms with Crippen molar-refractivity contribution in [2.45, 2.75) is 20.1 Å². The molecule has 0 saturated carbocycles. The van der Waals surface area contributed by atoms with E-state index in [1.165, 1.54) is 0 Å². The Balaban J connectivity index is 1.99. The van der Waals surface area contributed by atoms with Gasteiger partial charge in [-0.15, -0.1) is 10.2 Å². The fraction of sp³-hybridized carbons (Fsp3) is 0.429. The summed E-state index contributed by atoms with van der Waals surface area (Å²) in [7, 11) is 1.67. The maximum atomic E-state index is 6.20. The zero-order valence-corrected chi connectivity index (χ0v) is 12.8. The molecule has 0 aliphatic carbocycles. The van der Waals surface area contributed by atoms with Crippen molar-refractivity contribution in [1.82, 2.24) is 15.5 Å². The monoisotopic (exact) mass is 311 g/mol. The number of methoxy groups -OCH3 is 1. The third kappa shape index (κ3) is 4.70. The van der Waals surface area contributed by atoms with E-state index in [0.717, 1.165) is 12.1 Å². The van der Waals surface area contributed by atoms with Crippen molar-refractivity contribution in [2.24, 2.45) is 0 Å². The first kappa shape index (κ1) is 15.8. The number of para-hydroxylation sites is 1. The summed E-state index contributed by atoms with van der Waals surface area (Å²) in [6.45, 7) is 3.97. The summed E-state index contributed by atoms with van der Waals surface area (Å²) in [6.07, 6.45) is 0. The van der Waals surface area contributed by atoms with Crippen LogP contribution in [0.3, 0.4) is 0 Å². The van der Waals surface area contributed by atoms with Crippen LogP contribution in [0.1, 0.15) is 17.3 Å². The molecule has 0 atom stereocenters. The lowest BCUT2D eigenvalue weighted by molar-refractivity contribution is 0.199. The number of aryl methyl sites for hydroxylation is 1. The van der Waals surface area contributed by atoms with Crippen LogP contribution in [0.25, 0.3) is 0 Å². The van der Waals surface area contributed by atoms with Gasteiger partial charge in [0.25, 0.3) is 5.89 Å². The van der Waals surface area contributed by atoms with Crippen LogP contribution in [-0.2, 0) is 17.9 Å². The molecule has 1 aromatic carbocycles. The Kier molecular flexibility index (Phi) is 5.98. The first-order chi connectivity index (χ1) is 10.2. The first-order valence-electron chi connectivity index (χ1n) is 6.59. The summed E-state index contributed by atoms with van der Waals surface area (Å²) in [4.78, 5) is 0. The SMILES string of the molecule is COCCNCc1cccc(Cl)c1OCc1nnc(C)o1. The van der Waals surface area contributed by atoms with Crippen molar-refractivity contribution < 1.29 is 13.9 Å². The third-order valence-electron chi connectivity index (χ3n) is 2.75. The van der Waals surface area contributed by atoms with Crippen molar-refractivity contribution in [3.8, 4) is 5.75 Å². The van der Waals surface area contributed by atoms with Gasteiger partial charge in [-0.1, -0.05) is 23.7 Å². The van der Waals surface area contributed by atoms with Gasteiger partial charge in [0.05, 0.1) is 11.6 Å². The average molecular weight is 312 g/mol. The van der Waals surface area contributed by atoms with Gasteiger partial charge < -0.3 is 19.2 Å². The zero-order chi connectivity index (χ0) is 15.1. The van der Waals surface area contributed by atoms with Gasteiger partial charge in [0.2, 0.25) is 5.89 Å². The molecule has 0 aliphatic heterocycles. The number of halogens is 1. The van der Waals surface area contributed by atoms with Crippen molar-refractivity contribution in [3.05, 3.63) is 40.6 Å². The number of nitrogens with one attached hydrogen (secondary N) is 1. The molecule has 7 heteroatoms. The standard InChI is InChI=1S/C14H18ClN3O3/c1-10-17-18-13(21-10)9-20-14-11(4-3-5-12(14)15)8-16-6-7-19-2/h3-5,16H,6-9H2,1-2H3. The smallest absolute Gasteiger partial charge is 0.253 e. The molecule has 0 unspecified atom stereocenters. The molecule has 0 saturated heterocycles. The first-order valence-corrected chi connectivity index (χ1v) is 6.97. The van der Waals surface area contributed by atoms with Gasteiger partial charge in [-0.05, 0) is 6.07 Å². The Labute approximate surface area is 128 Å². The van der Waals surface area contributed by atoms with Gasteiger partial charge >= 0.3 is 0 Å². The molecule has 1 heterocycles. The maximum absolute atomic E-state index is 6.20. The van der Waals surface area contributed by atoms with Crippen molar-refractivity contribution in [3.63, 3.8) is 0 Å². The van der Waals surface area contributed by atoms with Gasteiger partial charge in [0.1, 0.15) is 5.75 Å². The molecule has 21 heavy (non-hydrogen) atoms. The molecule has 6 nitrogen and oxygen atoms in total. The van der Waals surface area contributed by atoms with Crippen LogP contribution in [-0.4, -0.2) is 30.5 Å². The normalized spacial score (nSPS) is 10.8. The molecule has 2 aromatic rings. The van der Waals surface area contributed by atoms with Crippen molar-refractivity contribution in [1.29, 1.82) is 0 Å². The molecule has 114 valence electrons. The number of benzene rings is 1. The Morgan fingerprint density at radius 3 is 2.90 bits per heavy atom. The summed E-state index contributed by atoms with van der Waals surface area (Å²) in [5.41, 5.74) is 0.967. The van der Waals surface area contributed by atoms with Gasteiger partial charge in [-0.2, -0.15) is 0 Å². The number of rotatable bonds is 8. The number of hydrogen-bond acceptors (Lipinski definition) is 6. The van der Waals surface area contributed by atoms with Gasteiger partial charge in [0.15, 0.2) is 6.61 Å². The molecular formula is C14H18ClN3O3. The topological polar surface area (TPSA) is 69.4 Å². The van der Waals surface area contributed by atoms with Crippen molar-refractivity contribution >= 4 is 11.6 Å². The second-order valence-electron chi connectivity index (χ2n) is 4.40. The zero-order valence-electron chi connectivity index (χ0n) is 12.1. The molecule has 0 fully saturated rings. The number of aromatic nitrogens is 2. The molecule has 0 spiro atoms. The fourth-order valence-corrected chi connectivity index (χ4v) is 2.03. The highest BCUT2D eigenvalue weighted by atomic mass is 35.5. The van der Waals surface area contributed by atoms with E-state index >= 15 is 0 Å². The summed E-state index contributed by atoms with van der Waals surface area (Å²) in [6, 6.07) is 5.63. The van der Waals surface area contributed by atoms with Crippen LogP contribution in [0.2, 0.25) is 5.02 Å². The second-order valence-corrected chi connectivity index (χ2v) is 4.81. The van der Waals surface area contributed by atoms with E-state index < -0.39 is 0 Å². The Morgan fingerprint density at radius 2 is 2.19 bits per heavy atom. The molecule has 0 radical (unpaired) electrons. The molecule has 1 aromatic heterocycles. The van der Waals surface area contributed by atoms with E-state index in [9.17, 15) is 0 Å². The van der Waals surface area contributed by atoms with E-state index in [1.807, 2.05) is 12.1 Å². The highest BCUT2D eigenvalue weighted by Gasteiger charge is 2.10. The minimum atomic E-state index is 0.190. The van der Waals surface area contributed by atoms with Crippen LogP contribution < -0.4 is 10.1 Å². The van der Waals surface area contributed by atoms with Crippen LogP contribution in [0.5, 0.6) is 5.75 Å². The van der Waals surface area contributed by atoms with E-state index in [2.05, 4.69) is 15.5 Å². The van der Waals surface area contributed by atoms with Gasteiger partial charge in [-0.3, -0.25) is 0 Å². The van der Waals surface area contributed by atoms with E-state index in [-0.39, 0.29) is 6.61 Å². The highest BCUT2D eigenvalue weighted by molar-refractivity contribution is 6.32. The maximum Gasteiger partial charge on any atom is 0.253 e. The van der Waals surface area contributed by atoms with Crippen LogP contribution in [0, 0.1) is 6.92 Å². The quantitative estimate of drug-likeness (QED) is 0.755. The van der Waals surface area contributed by atoms with E-state index in [4.69, 9.17) is 25.5 Å². The van der Waals surface area contributed by atoms with E-state index in [1.54, 1.807) is 20.1 Å². The average Bonchev–Trinajstić information content (AvgIpc) is 2.88. The summed E-state index contributed by atoms with van der Waals surface area (Å²) in [5, 5.41) is 11.5. The van der Waals surface area contributed by atoms with Crippen LogP contribution in [0.15, 0.2) is 22.6 Å². The largest absolute Gasteiger partial charge is 0.482 e. The Morgan fingerprint density at radius 1 is 1.33 bits per heavy atom. The van der Waals surface area contributed by atoms with Crippen LogP contribution >= 0.6 is 11.6 Å². The predicted molar refractivity (Wildman–Crippen MR) is 78.4 cm³/mol. The second kappa shape index (κ2) is 7.97. The third-order valence-corrected chi connectivity index (χ3v) is 3.05. The number of nitrogens with zero attached hydrogens (tertiary/aromatic N) is 2. The lowest BCUT2D eigenvalue weighted by Crippen LogP contribution is -2.19. The number of hydrogen-bond donors (Lipinski definition) is 1. The molecule has 2 rings (SSSR count). The van der Waals surface area contributed by atoms with E-state index in [0.29, 0.717) is 35.7 Å². The molecule has 1 N–H and O–H groups in total.